The van der Waals surface area contributed by atoms with E-state index in [9.17, 15) is 19.5 Å². The molecule has 8 nitrogen and oxygen atoms in total. The maximum atomic E-state index is 12.7. The van der Waals surface area contributed by atoms with E-state index in [0.717, 1.165) is 64.2 Å². The number of hydrogen-bond acceptors (Lipinski definition) is 6. The molecule has 0 radical (unpaired) electrons. The molecule has 2 unspecified atom stereocenters. The van der Waals surface area contributed by atoms with Crippen molar-refractivity contribution in [2.75, 3.05) is 41.0 Å². The van der Waals surface area contributed by atoms with Gasteiger partial charge in [-0.25, -0.2) is 4.79 Å². The molecule has 0 spiro atoms. The molecular weight excluding hydrogens is 715 g/mol. The van der Waals surface area contributed by atoms with Gasteiger partial charge in [-0.2, -0.15) is 0 Å². The third-order valence-corrected chi connectivity index (χ3v) is 9.43. The molecule has 0 heterocycles. The van der Waals surface area contributed by atoms with Gasteiger partial charge in [0.1, 0.15) is 6.61 Å². The first-order valence-corrected chi connectivity index (χ1v) is 22.2. The fraction of sp³-hybridized carbons (Fsp3) is 0.653. The fourth-order valence-corrected chi connectivity index (χ4v) is 5.98. The number of likely N-dealkylation sites (N-methyl/N-ethyl adjacent to an activating group) is 1. The van der Waals surface area contributed by atoms with E-state index < -0.39 is 18.1 Å². The molecule has 0 aliphatic rings. The van der Waals surface area contributed by atoms with Gasteiger partial charge >= 0.3 is 17.9 Å². The molecule has 0 saturated carbocycles. The molecule has 0 aromatic rings. The molecule has 2 atom stereocenters. The summed E-state index contributed by atoms with van der Waals surface area (Å²) in [6.45, 7) is 4.51. The van der Waals surface area contributed by atoms with Gasteiger partial charge in [-0.05, 0) is 57.8 Å². The Bertz CT molecular complexity index is 1200. The second kappa shape index (κ2) is 39.3. The lowest BCUT2D eigenvalue weighted by Crippen LogP contribution is -2.50. The van der Waals surface area contributed by atoms with Gasteiger partial charge in [0.05, 0.1) is 34.4 Å². The van der Waals surface area contributed by atoms with Crippen molar-refractivity contribution in [3.8, 4) is 0 Å². The standard InChI is InChI=1S/C49H81NO7/c1-6-8-10-12-14-16-18-20-22-23-24-26-27-29-31-33-35-37-39-47(51)56-44-45(43-55-42-41-46(49(53)54)50(3,4)5)57-48(52)40-38-36-34-32-30-28-25-21-19-17-15-13-11-9-7-2/h9,11,13,15,17,19,21-26,28,30,45-46H,6-8,10,12,14,16,18,20,27,29,31-44H2,1-5H3/p+1/b11-9+,15-13+,19-17+,23-22+,25-21+,26-24+,30-28+. The number of aliphatic carboxylic acids is 1. The van der Waals surface area contributed by atoms with Gasteiger partial charge in [0, 0.05) is 19.3 Å². The van der Waals surface area contributed by atoms with Crippen LogP contribution in [0.2, 0.25) is 0 Å². The lowest BCUT2D eigenvalue weighted by molar-refractivity contribution is -0.887. The van der Waals surface area contributed by atoms with Gasteiger partial charge in [0.25, 0.3) is 0 Å². The van der Waals surface area contributed by atoms with Crippen molar-refractivity contribution in [3.05, 3.63) is 85.1 Å². The summed E-state index contributed by atoms with van der Waals surface area (Å²) < 4.78 is 17.2. The first kappa shape index (κ1) is 53.5. The number of carboxylic acids is 1. The summed E-state index contributed by atoms with van der Waals surface area (Å²) >= 11 is 0. The Morgan fingerprint density at radius 3 is 1.49 bits per heavy atom. The van der Waals surface area contributed by atoms with Crippen molar-refractivity contribution in [1.29, 1.82) is 0 Å². The molecule has 0 amide bonds. The smallest absolute Gasteiger partial charge is 0.362 e. The van der Waals surface area contributed by atoms with Crippen LogP contribution in [0.3, 0.4) is 0 Å². The lowest BCUT2D eigenvalue weighted by atomic mass is 10.1. The molecule has 1 N–H and O–H groups in total. The minimum absolute atomic E-state index is 0.0334. The van der Waals surface area contributed by atoms with Crippen molar-refractivity contribution in [2.24, 2.45) is 0 Å². The number of rotatable bonds is 38. The Hall–Kier alpha value is -3.49. The van der Waals surface area contributed by atoms with E-state index in [2.05, 4.69) is 50.3 Å². The maximum Gasteiger partial charge on any atom is 0.362 e. The van der Waals surface area contributed by atoms with Crippen LogP contribution in [0.25, 0.3) is 0 Å². The molecule has 0 saturated heterocycles. The zero-order valence-electron chi connectivity index (χ0n) is 36.8. The summed E-state index contributed by atoms with van der Waals surface area (Å²) in [5.74, 6) is -1.55. The Balaban J connectivity index is 4.46. The van der Waals surface area contributed by atoms with Gasteiger partial charge < -0.3 is 23.8 Å². The number of hydrogen-bond donors (Lipinski definition) is 1. The quantitative estimate of drug-likeness (QED) is 0.0287. The number of nitrogens with zero attached hydrogens (tertiary/aromatic N) is 1. The van der Waals surface area contributed by atoms with E-state index in [4.69, 9.17) is 14.2 Å². The van der Waals surface area contributed by atoms with Crippen molar-refractivity contribution >= 4 is 17.9 Å². The van der Waals surface area contributed by atoms with E-state index in [0.29, 0.717) is 19.3 Å². The van der Waals surface area contributed by atoms with Crippen molar-refractivity contribution in [3.63, 3.8) is 0 Å². The zero-order chi connectivity index (χ0) is 42.1. The fourth-order valence-electron chi connectivity index (χ4n) is 5.98. The number of unbranched alkanes of at least 4 members (excludes halogenated alkanes) is 15. The van der Waals surface area contributed by atoms with E-state index in [1.165, 1.54) is 51.4 Å². The van der Waals surface area contributed by atoms with Crippen LogP contribution in [0.15, 0.2) is 85.1 Å². The Morgan fingerprint density at radius 1 is 0.544 bits per heavy atom. The highest BCUT2D eigenvalue weighted by atomic mass is 16.6. The molecule has 0 fully saturated rings. The second-order valence-electron chi connectivity index (χ2n) is 15.7. The minimum Gasteiger partial charge on any atom is -0.477 e. The van der Waals surface area contributed by atoms with Crippen LogP contribution in [0, 0.1) is 0 Å². The van der Waals surface area contributed by atoms with E-state index in [1.54, 1.807) is 0 Å². The lowest BCUT2D eigenvalue weighted by Gasteiger charge is -2.31. The molecule has 0 aromatic carbocycles. The van der Waals surface area contributed by atoms with Gasteiger partial charge in [0.2, 0.25) is 0 Å². The number of esters is 2. The summed E-state index contributed by atoms with van der Waals surface area (Å²) in [7, 11) is 5.49. The van der Waals surface area contributed by atoms with Crippen molar-refractivity contribution in [2.45, 2.75) is 167 Å². The average molecular weight is 797 g/mol. The van der Waals surface area contributed by atoms with Crippen LogP contribution in [-0.4, -0.2) is 80.6 Å². The number of carbonyl (C=O) groups is 3. The normalized spacial score (nSPS) is 13.8. The molecule has 0 rings (SSSR count). The molecule has 0 aliphatic heterocycles. The molecule has 0 aromatic heterocycles. The van der Waals surface area contributed by atoms with Crippen LogP contribution >= 0.6 is 0 Å². The summed E-state index contributed by atoms with van der Waals surface area (Å²) in [6.07, 6.45) is 50.6. The average Bonchev–Trinajstić information content (AvgIpc) is 3.17. The zero-order valence-corrected chi connectivity index (χ0v) is 36.8. The van der Waals surface area contributed by atoms with Crippen LogP contribution < -0.4 is 0 Å². The van der Waals surface area contributed by atoms with Crippen LogP contribution in [0.4, 0.5) is 0 Å². The first-order valence-electron chi connectivity index (χ1n) is 22.2. The number of quaternary nitrogens is 1. The van der Waals surface area contributed by atoms with E-state index in [1.807, 2.05) is 69.8 Å². The molecule has 324 valence electrons. The third-order valence-electron chi connectivity index (χ3n) is 9.43. The largest absolute Gasteiger partial charge is 0.477 e. The van der Waals surface area contributed by atoms with Gasteiger partial charge in [-0.15, -0.1) is 0 Å². The minimum atomic E-state index is -0.889. The topological polar surface area (TPSA) is 99.1 Å². The first-order chi connectivity index (χ1) is 27.6. The number of carbonyl (C=O) groups excluding carboxylic acids is 2. The molecule has 0 bridgehead atoms. The molecule has 8 heteroatoms. The molecule has 57 heavy (non-hydrogen) atoms. The highest BCUT2D eigenvalue weighted by Gasteiger charge is 2.31. The van der Waals surface area contributed by atoms with Crippen LogP contribution in [0.1, 0.15) is 155 Å². The second-order valence-corrected chi connectivity index (χ2v) is 15.7. The third kappa shape index (κ3) is 37.8. The van der Waals surface area contributed by atoms with E-state index >= 15 is 0 Å². The summed E-state index contributed by atoms with van der Waals surface area (Å²) in [5, 5.41) is 9.62. The molecular formula is C49H82NO7+. The number of ether oxygens (including phenoxy) is 3. The summed E-state index contributed by atoms with van der Waals surface area (Å²) in [6, 6.07) is -0.630. The number of carboxylic acid groups (broad SMARTS) is 1. The maximum absolute atomic E-state index is 12.7. The van der Waals surface area contributed by atoms with Gasteiger partial charge in [0.15, 0.2) is 12.1 Å². The van der Waals surface area contributed by atoms with Crippen molar-refractivity contribution in [1.82, 2.24) is 0 Å². The highest BCUT2D eigenvalue weighted by molar-refractivity contribution is 5.72. The Labute approximate surface area is 348 Å². The van der Waals surface area contributed by atoms with Crippen LogP contribution in [-0.2, 0) is 28.6 Å². The van der Waals surface area contributed by atoms with Crippen LogP contribution in [0.5, 0.6) is 0 Å². The van der Waals surface area contributed by atoms with Gasteiger partial charge in [-0.3, -0.25) is 9.59 Å². The number of allylic oxidation sites excluding steroid dienone is 14. The monoisotopic (exact) mass is 797 g/mol. The Kier molecular flexibility index (Phi) is 36.9. The van der Waals surface area contributed by atoms with E-state index in [-0.39, 0.29) is 42.7 Å². The molecule has 0 aliphatic carbocycles. The highest BCUT2D eigenvalue weighted by Crippen LogP contribution is 2.13. The Morgan fingerprint density at radius 2 is 0.982 bits per heavy atom. The predicted octanol–water partition coefficient (Wildman–Crippen LogP) is 12.1. The summed E-state index contributed by atoms with van der Waals surface area (Å²) in [5.41, 5.74) is 0. The summed E-state index contributed by atoms with van der Waals surface area (Å²) in [4.78, 5) is 37.0. The predicted molar refractivity (Wildman–Crippen MR) is 238 cm³/mol. The SMILES string of the molecule is CC/C=C/C=C/C=C/C=C/C=C/CCCCCC(=O)OC(COCCC(C(=O)O)[N+](C)(C)C)COC(=O)CCCCCCC/C=C/C=C/CCCCCCCCC. The van der Waals surface area contributed by atoms with Crippen molar-refractivity contribution < 1.29 is 38.2 Å². The van der Waals surface area contributed by atoms with Gasteiger partial charge in [-0.1, -0.05) is 163 Å².